The van der Waals surface area contributed by atoms with Crippen molar-refractivity contribution in [2.24, 2.45) is 0 Å². The molecule has 2 rings (SSSR count). The molecular formula is C19H23NO2. The zero-order chi connectivity index (χ0) is 15.6. The minimum Gasteiger partial charge on any atom is -0.478 e. The SMILES string of the molecule is O=C(O)c1cccc(CNCCCCCc2ccccc2)c1. The van der Waals surface area contributed by atoms with Gasteiger partial charge in [-0.25, -0.2) is 4.79 Å². The minimum absolute atomic E-state index is 0.349. The Hall–Kier alpha value is -2.13. The topological polar surface area (TPSA) is 49.3 Å². The van der Waals surface area contributed by atoms with Gasteiger partial charge in [0.1, 0.15) is 0 Å². The third-order valence-electron chi connectivity index (χ3n) is 3.66. The van der Waals surface area contributed by atoms with E-state index in [4.69, 9.17) is 5.11 Å². The van der Waals surface area contributed by atoms with Crippen molar-refractivity contribution in [2.75, 3.05) is 6.54 Å². The Morgan fingerprint density at radius 3 is 2.45 bits per heavy atom. The highest BCUT2D eigenvalue weighted by Gasteiger charge is 2.02. The lowest BCUT2D eigenvalue weighted by Gasteiger charge is -2.06. The summed E-state index contributed by atoms with van der Waals surface area (Å²) in [6, 6.07) is 17.7. The molecule has 0 atom stereocenters. The molecule has 0 aliphatic rings. The van der Waals surface area contributed by atoms with E-state index in [0.717, 1.165) is 31.5 Å². The number of aryl methyl sites for hydroxylation is 1. The lowest BCUT2D eigenvalue weighted by Crippen LogP contribution is -2.15. The number of hydrogen-bond donors (Lipinski definition) is 2. The van der Waals surface area contributed by atoms with E-state index in [1.54, 1.807) is 18.2 Å². The van der Waals surface area contributed by atoms with Gasteiger partial charge in [-0.2, -0.15) is 0 Å². The number of unbranched alkanes of at least 4 members (excludes halogenated alkanes) is 2. The van der Waals surface area contributed by atoms with Crippen molar-refractivity contribution in [2.45, 2.75) is 32.2 Å². The number of carboxylic acids is 1. The van der Waals surface area contributed by atoms with Gasteiger partial charge < -0.3 is 10.4 Å². The van der Waals surface area contributed by atoms with Gasteiger partial charge in [-0.1, -0.05) is 48.9 Å². The number of rotatable bonds is 9. The Bertz CT molecular complexity index is 581. The fourth-order valence-electron chi connectivity index (χ4n) is 2.45. The molecule has 0 fully saturated rings. The summed E-state index contributed by atoms with van der Waals surface area (Å²) >= 11 is 0. The molecule has 22 heavy (non-hydrogen) atoms. The van der Waals surface area contributed by atoms with Crippen LogP contribution in [0.15, 0.2) is 54.6 Å². The zero-order valence-electron chi connectivity index (χ0n) is 12.8. The molecule has 0 spiro atoms. The average molecular weight is 297 g/mol. The van der Waals surface area contributed by atoms with Crippen LogP contribution in [-0.2, 0) is 13.0 Å². The van der Waals surface area contributed by atoms with Crippen molar-refractivity contribution in [3.05, 3.63) is 71.3 Å². The summed E-state index contributed by atoms with van der Waals surface area (Å²) in [7, 11) is 0. The summed E-state index contributed by atoms with van der Waals surface area (Å²) in [6.07, 6.45) is 4.70. The van der Waals surface area contributed by atoms with Crippen LogP contribution in [0.1, 0.15) is 40.7 Å². The molecule has 0 unspecified atom stereocenters. The summed E-state index contributed by atoms with van der Waals surface area (Å²) in [5, 5.41) is 12.3. The van der Waals surface area contributed by atoms with Crippen LogP contribution >= 0.6 is 0 Å². The molecular weight excluding hydrogens is 274 g/mol. The van der Waals surface area contributed by atoms with Crippen LogP contribution in [-0.4, -0.2) is 17.6 Å². The quantitative estimate of drug-likeness (QED) is 0.690. The first-order chi connectivity index (χ1) is 10.8. The summed E-state index contributed by atoms with van der Waals surface area (Å²) in [6.45, 7) is 1.69. The highest BCUT2D eigenvalue weighted by Crippen LogP contribution is 2.07. The maximum atomic E-state index is 10.9. The van der Waals surface area contributed by atoms with Gasteiger partial charge in [-0.3, -0.25) is 0 Å². The molecule has 3 heteroatoms. The predicted molar refractivity (Wildman–Crippen MR) is 89.1 cm³/mol. The summed E-state index contributed by atoms with van der Waals surface area (Å²) < 4.78 is 0. The van der Waals surface area contributed by atoms with Crippen LogP contribution in [0.4, 0.5) is 0 Å². The summed E-state index contributed by atoms with van der Waals surface area (Å²) in [4.78, 5) is 10.9. The van der Waals surface area contributed by atoms with Crippen LogP contribution in [0.25, 0.3) is 0 Å². The van der Waals surface area contributed by atoms with Crippen molar-refractivity contribution < 1.29 is 9.90 Å². The van der Waals surface area contributed by atoms with Gasteiger partial charge in [-0.05, 0) is 49.1 Å². The Morgan fingerprint density at radius 1 is 0.909 bits per heavy atom. The summed E-state index contributed by atoms with van der Waals surface area (Å²) in [5.74, 6) is -0.872. The second-order valence-corrected chi connectivity index (χ2v) is 5.48. The molecule has 2 aromatic carbocycles. The van der Waals surface area contributed by atoms with Crippen molar-refractivity contribution in [3.63, 3.8) is 0 Å². The average Bonchev–Trinajstić information content (AvgIpc) is 2.55. The van der Waals surface area contributed by atoms with Crippen molar-refractivity contribution in [1.29, 1.82) is 0 Å². The largest absolute Gasteiger partial charge is 0.478 e. The molecule has 0 aromatic heterocycles. The third kappa shape index (κ3) is 5.70. The van der Waals surface area contributed by atoms with Crippen LogP contribution in [0.2, 0.25) is 0 Å². The molecule has 2 aromatic rings. The second kappa shape index (κ2) is 9.00. The zero-order valence-corrected chi connectivity index (χ0v) is 12.8. The second-order valence-electron chi connectivity index (χ2n) is 5.48. The first kappa shape index (κ1) is 16.2. The van der Waals surface area contributed by atoms with Crippen molar-refractivity contribution in [3.8, 4) is 0 Å². The van der Waals surface area contributed by atoms with E-state index in [0.29, 0.717) is 5.56 Å². The lowest BCUT2D eigenvalue weighted by molar-refractivity contribution is 0.0696. The molecule has 2 N–H and O–H groups in total. The summed E-state index contributed by atoms with van der Waals surface area (Å²) in [5.41, 5.74) is 2.77. The molecule has 0 saturated carbocycles. The highest BCUT2D eigenvalue weighted by molar-refractivity contribution is 5.87. The van der Waals surface area contributed by atoms with E-state index in [9.17, 15) is 4.79 Å². The van der Waals surface area contributed by atoms with Crippen LogP contribution in [0.3, 0.4) is 0 Å². The monoisotopic (exact) mass is 297 g/mol. The van der Waals surface area contributed by atoms with Crippen molar-refractivity contribution >= 4 is 5.97 Å². The van der Waals surface area contributed by atoms with Crippen LogP contribution in [0, 0.1) is 0 Å². The smallest absolute Gasteiger partial charge is 0.335 e. The lowest BCUT2D eigenvalue weighted by atomic mass is 10.1. The van der Waals surface area contributed by atoms with Gasteiger partial charge in [0.05, 0.1) is 5.56 Å². The van der Waals surface area contributed by atoms with Gasteiger partial charge in [0.25, 0.3) is 0 Å². The maximum absolute atomic E-state index is 10.9. The fourth-order valence-corrected chi connectivity index (χ4v) is 2.45. The van der Waals surface area contributed by atoms with Crippen molar-refractivity contribution in [1.82, 2.24) is 5.32 Å². The number of hydrogen-bond acceptors (Lipinski definition) is 2. The van der Waals surface area contributed by atoms with Gasteiger partial charge in [0.2, 0.25) is 0 Å². The standard InChI is InChI=1S/C19H23NO2/c21-19(22)18-12-7-11-17(14-18)15-20-13-6-2-5-10-16-8-3-1-4-9-16/h1,3-4,7-9,11-12,14,20H,2,5-6,10,13,15H2,(H,21,22). The van der Waals surface area contributed by atoms with Gasteiger partial charge in [0.15, 0.2) is 0 Å². The number of carboxylic acid groups (broad SMARTS) is 1. The van der Waals surface area contributed by atoms with E-state index in [1.165, 1.54) is 18.4 Å². The molecule has 0 bridgehead atoms. The first-order valence-corrected chi connectivity index (χ1v) is 7.82. The molecule has 0 aliphatic heterocycles. The number of carbonyl (C=O) groups is 1. The molecule has 0 saturated heterocycles. The van der Waals surface area contributed by atoms with Gasteiger partial charge in [0, 0.05) is 6.54 Å². The van der Waals surface area contributed by atoms with Crippen LogP contribution in [0.5, 0.6) is 0 Å². The van der Waals surface area contributed by atoms with E-state index in [1.807, 2.05) is 12.1 Å². The molecule has 0 amide bonds. The molecule has 116 valence electrons. The highest BCUT2D eigenvalue weighted by atomic mass is 16.4. The predicted octanol–water partition coefficient (Wildman–Crippen LogP) is 3.89. The molecule has 0 heterocycles. The third-order valence-corrected chi connectivity index (χ3v) is 3.66. The Morgan fingerprint density at radius 2 is 1.68 bits per heavy atom. The van der Waals surface area contributed by atoms with E-state index in [2.05, 4.69) is 29.6 Å². The Kier molecular flexibility index (Phi) is 6.65. The number of benzene rings is 2. The number of aromatic carboxylic acids is 1. The van der Waals surface area contributed by atoms with Gasteiger partial charge in [-0.15, -0.1) is 0 Å². The Balaban J connectivity index is 1.58. The normalized spacial score (nSPS) is 10.5. The molecule has 0 radical (unpaired) electrons. The Labute approximate surface area is 132 Å². The van der Waals surface area contributed by atoms with E-state index in [-0.39, 0.29) is 0 Å². The number of nitrogens with one attached hydrogen (secondary N) is 1. The maximum Gasteiger partial charge on any atom is 0.335 e. The molecule has 3 nitrogen and oxygen atoms in total. The first-order valence-electron chi connectivity index (χ1n) is 7.82. The molecule has 0 aliphatic carbocycles. The minimum atomic E-state index is -0.872. The fraction of sp³-hybridized carbons (Fsp3) is 0.316. The van der Waals surface area contributed by atoms with E-state index >= 15 is 0 Å². The van der Waals surface area contributed by atoms with Gasteiger partial charge >= 0.3 is 5.97 Å². The van der Waals surface area contributed by atoms with E-state index < -0.39 is 5.97 Å². The van der Waals surface area contributed by atoms with Crippen LogP contribution < -0.4 is 5.32 Å².